The fourth-order valence-electron chi connectivity index (χ4n) is 8.54. The molecule has 54 heavy (non-hydrogen) atoms. The number of carbonyl (C=O) groups is 3. The van der Waals surface area contributed by atoms with Crippen LogP contribution in [-0.4, -0.2) is 86.5 Å². The smallest absolute Gasteiger partial charge is 0.330 e. The lowest BCUT2D eigenvalue weighted by Gasteiger charge is -2.52. The molecule has 0 saturated carbocycles. The summed E-state index contributed by atoms with van der Waals surface area (Å²) in [5.74, 6) is -6.12. The van der Waals surface area contributed by atoms with E-state index in [2.05, 4.69) is 19.9 Å². The minimum absolute atomic E-state index is 0.121. The third-order valence-electron chi connectivity index (χ3n) is 12.9. The fourth-order valence-corrected chi connectivity index (χ4v) is 8.54. The number of aliphatic hydroxyl groups excluding tert-OH is 4. The fraction of sp³-hybridized carbons (Fsp3) is 0.795. The lowest BCUT2D eigenvalue weighted by Crippen LogP contribution is -2.57. The zero-order valence-electron chi connectivity index (χ0n) is 34.6. The molecule has 2 saturated heterocycles. The number of Topliss-reactive ketones (excluding diaryl/α,β-unsaturated/α-hetero) is 2. The number of ether oxygens (including phenoxy) is 3. The Morgan fingerprint density at radius 3 is 1.98 bits per heavy atom. The van der Waals surface area contributed by atoms with Gasteiger partial charge in [-0.3, -0.25) is 9.59 Å². The Kier molecular flexibility index (Phi) is 17.8. The highest BCUT2D eigenvalue weighted by Gasteiger charge is 2.51. The molecule has 1 spiro atoms. The van der Waals surface area contributed by atoms with Crippen LogP contribution in [0, 0.1) is 53.3 Å². The van der Waals surface area contributed by atoms with Crippen LogP contribution >= 0.6 is 0 Å². The molecule has 0 aliphatic carbocycles. The van der Waals surface area contributed by atoms with Crippen molar-refractivity contribution in [2.45, 2.75) is 169 Å². The summed E-state index contributed by atoms with van der Waals surface area (Å²) in [4.78, 5) is 40.2. The van der Waals surface area contributed by atoms with Crippen molar-refractivity contribution in [3.8, 4) is 0 Å². The molecule has 17 atom stereocenters. The van der Waals surface area contributed by atoms with E-state index in [-0.39, 0.29) is 41.7 Å². The highest BCUT2D eigenvalue weighted by atomic mass is 16.7. The van der Waals surface area contributed by atoms with Gasteiger partial charge in [-0.25, -0.2) is 4.79 Å². The number of aliphatic hydroxyl groups is 4. The lowest BCUT2D eigenvalue weighted by molar-refractivity contribution is -0.347. The minimum Gasteiger partial charge on any atom is -0.459 e. The van der Waals surface area contributed by atoms with Crippen LogP contribution < -0.4 is 0 Å². The average Bonchev–Trinajstić information content (AvgIpc) is 3.14. The first kappa shape index (κ1) is 46.2. The van der Waals surface area contributed by atoms with Crippen LogP contribution in [0.4, 0.5) is 0 Å². The molecule has 0 unspecified atom stereocenters. The van der Waals surface area contributed by atoms with Gasteiger partial charge in [0, 0.05) is 54.4 Å². The lowest BCUT2D eigenvalue weighted by atomic mass is 9.77. The standard InChI is InChI=1S/C44H72O10/c1-11-34-16-14-12-13-15-26(3)39(47)30(7)41(49)32(9)43(51)33(10)42(50)31(8)40(48)27(4)17-20-38(46)52-37-24-44(53-35(19-18-34)29(37)6)22-21-25(2)36(54-44)23-28(5)45/h12-14,16-17,20,25-37,39-40,43,45,47-48,51H,11,15,18-19,21-24H2,1-10H3/b13-12+,16-14+,20-17+/t25-,26+,27-,28-,29+,30-,31-,32+,33-,34-,35-,36-,37-,39-,40+,43-,44-/m1/s1. The van der Waals surface area contributed by atoms with Crippen LogP contribution in [0.1, 0.15) is 121 Å². The molecule has 308 valence electrons. The van der Waals surface area contributed by atoms with E-state index in [1.54, 1.807) is 47.6 Å². The Bertz CT molecular complexity index is 1310. The van der Waals surface area contributed by atoms with Crippen LogP contribution in [0.2, 0.25) is 0 Å². The summed E-state index contributed by atoms with van der Waals surface area (Å²) in [6.07, 6.45) is 11.6. The first-order valence-electron chi connectivity index (χ1n) is 20.7. The molecule has 4 N–H and O–H groups in total. The van der Waals surface area contributed by atoms with Gasteiger partial charge in [0.05, 0.1) is 36.6 Å². The molecule has 3 aliphatic heterocycles. The maximum Gasteiger partial charge on any atom is 0.330 e. The molecule has 3 heterocycles. The first-order chi connectivity index (χ1) is 25.3. The summed E-state index contributed by atoms with van der Waals surface area (Å²) in [6.45, 7) is 18.1. The molecule has 10 heteroatoms. The zero-order chi connectivity index (χ0) is 40.5. The van der Waals surface area contributed by atoms with Crippen molar-refractivity contribution in [3.63, 3.8) is 0 Å². The second kappa shape index (κ2) is 20.8. The molecule has 3 rings (SSSR count). The van der Waals surface area contributed by atoms with Crippen molar-refractivity contribution in [3.05, 3.63) is 36.5 Å². The predicted molar refractivity (Wildman–Crippen MR) is 209 cm³/mol. The average molecular weight is 761 g/mol. The minimum atomic E-state index is -1.30. The largest absolute Gasteiger partial charge is 0.459 e. The highest BCUT2D eigenvalue weighted by Crippen LogP contribution is 2.46. The molecule has 0 aromatic carbocycles. The Morgan fingerprint density at radius 2 is 1.37 bits per heavy atom. The summed E-state index contributed by atoms with van der Waals surface area (Å²) >= 11 is 0. The number of rotatable bonds is 3. The second-order valence-electron chi connectivity index (χ2n) is 17.3. The van der Waals surface area contributed by atoms with Gasteiger partial charge in [0.1, 0.15) is 17.7 Å². The Morgan fingerprint density at radius 1 is 0.759 bits per heavy atom. The summed E-state index contributed by atoms with van der Waals surface area (Å²) < 4.78 is 19.7. The van der Waals surface area contributed by atoms with E-state index in [1.165, 1.54) is 6.08 Å². The maximum absolute atomic E-state index is 13.5. The normalized spacial score (nSPS) is 45.3. The van der Waals surface area contributed by atoms with E-state index in [0.717, 1.165) is 25.7 Å². The molecule has 2 fully saturated rings. The van der Waals surface area contributed by atoms with Crippen LogP contribution in [0.25, 0.3) is 0 Å². The molecular weight excluding hydrogens is 688 g/mol. The SMILES string of the molecule is CC[C@@H]1/C=C/C=C/C[C@H](C)[C@@H](O)[C@@H](C)C(=O)[C@H](C)[C@@H](O)[C@H](C)C(=O)[C@H](C)[C@@H](O)[C@H](C)/C=C/C(=O)O[C@@H]2C[C@]3(CC[C@@H](C)[C@@H](C[C@@H](C)O)O3)O[C@H](CC1)[C@@H]2C. The quantitative estimate of drug-likeness (QED) is 0.233. The van der Waals surface area contributed by atoms with E-state index in [9.17, 15) is 34.8 Å². The first-order valence-corrected chi connectivity index (χ1v) is 20.7. The molecule has 0 amide bonds. The van der Waals surface area contributed by atoms with Gasteiger partial charge in [0.25, 0.3) is 0 Å². The Balaban J connectivity index is 1.93. The van der Waals surface area contributed by atoms with Crippen LogP contribution in [0.15, 0.2) is 36.5 Å². The molecule has 10 nitrogen and oxygen atoms in total. The van der Waals surface area contributed by atoms with Crippen molar-refractivity contribution in [1.29, 1.82) is 0 Å². The van der Waals surface area contributed by atoms with E-state index in [1.807, 2.05) is 32.1 Å². The number of fused-ring (bicyclic) bond motifs is 2. The topological polar surface area (TPSA) is 160 Å². The third-order valence-corrected chi connectivity index (χ3v) is 12.9. The van der Waals surface area contributed by atoms with Crippen molar-refractivity contribution in [1.82, 2.24) is 0 Å². The monoisotopic (exact) mass is 761 g/mol. The van der Waals surface area contributed by atoms with E-state index in [0.29, 0.717) is 25.7 Å². The number of hydrogen-bond acceptors (Lipinski definition) is 10. The van der Waals surface area contributed by atoms with Gasteiger partial charge in [-0.05, 0) is 63.2 Å². The van der Waals surface area contributed by atoms with Gasteiger partial charge in [-0.15, -0.1) is 0 Å². The number of carbonyl (C=O) groups excluding carboxylic acids is 3. The third kappa shape index (κ3) is 12.1. The van der Waals surface area contributed by atoms with Crippen LogP contribution in [-0.2, 0) is 28.6 Å². The number of esters is 1. The summed E-state index contributed by atoms with van der Waals surface area (Å²) in [7, 11) is 0. The van der Waals surface area contributed by atoms with E-state index < -0.39 is 77.6 Å². The predicted octanol–water partition coefficient (Wildman–Crippen LogP) is 6.52. The van der Waals surface area contributed by atoms with E-state index >= 15 is 0 Å². The second-order valence-corrected chi connectivity index (χ2v) is 17.3. The van der Waals surface area contributed by atoms with Crippen molar-refractivity contribution in [2.75, 3.05) is 0 Å². The van der Waals surface area contributed by atoms with E-state index in [4.69, 9.17) is 14.2 Å². The summed E-state index contributed by atoms with van der Waals surface area (Å²) in [6, 6.07) is 0. The molecule has 0 radical (unpaired) electrons. The Hall–Kier alpha value is -2.21. The van der Waals surface area contributed by atoms with Crippen LogP contribution in [0.3, 0.4) is 0 Å². The number of allylic oxidation sites excluding steroid dienone is 4. The van der Waals surface area contributed by atoms with Gasteiger partial charge in [-0.1, -0.05) is 92.7 Å². The molecule has 0 aromatic rings. The summed E-state index contributed by atoms with van der Waals surface area (Å²) in [5.41, 5.74) is 0. The van der Waals surface area contributed by atoms with Gasteiger partial charge in [0.15, 0.2) is 5.79 Å². The molecule has 3 aliphatic rings. The maximum atomic E-state index is 13.5. The number of ketones is 2. The molecular formula is C44H72O10. The van der Waals surface area contributed by atoms with Gasteiger partial charge >= 0.3 is 5.97 Å². The van der Waals surface area contributed by atoms with Gasteiger partial charge in [-0.2, -0.15) is 0 Å². The highest BCUT2D eigenvalue weighted by molar-refractivity contribution is 5.87. The van der Waals surface area contributed by atoms with Crippen molar-refractivity contribution < 1.29 is 49.0 Å². The number of hydrogen-bond donors (Lipinski definition) is 4. The molecule has 2 bridgehead atoms. The van der Waals surface area contributed by atoms with Crippen molar-refractivity contribution >= 4 is 17.5 Å². The van der Waals surface area contributed by atoms with Crippen molar-refractivity contribution in [2.24, 2.45) is 53.3 Å². The molecule has 0 aromatic heterocycles. The van der Waals surface area contributed by atoms with Gasteiger partial charge in [0.2, 0.25) is 0 Å². The Labute approximate surface area is 324 Å². The van der Waals surface area contributed by atoms with Gasteiger partial charge < -0.3 is 34.6 Å². The summed E-state index contributed by atoms with van der Waals surface area (Å²) in [5, 5.41) is 43.6. The zero-order valence-corrected chi connectivity index (χ0v) is 34.6. The van der Waals surface area contributed by atoms with Crippen LogP contribution in [0.5, 0.6) is 0 Å².